The van der Waals surface area contributed by atoms with Crippen molar-refractivity contribution in [2.75, 3.05) is 11.8 Å². The van der Waals surface area contributed by atoms with E-state index >= 15 is 0 Å². The maximum Gasteiger partial charge on any atom is 0.360 e. The molecule has 0 atom stereocenters. The summed E-state index contributed by atoms with van der Waals surface area (Å²) >= 11 is 0. The van der Waals surface area contributed by atoms with Crippen LogP contribution in [0.5, 0.6) is 5.75 Å². The monoisotopic (exact) mass is 340 g/mol. The number of carbonyl (C=O) groups excluding carboxylic acids is 1. The maximum absolute atomic E-state index is 12.2. The molecule has 0 aliphatic rings. The molecule has 9 heteroatoms. The minimum atomic E-state index is -3.87. The Morgan fingerprint density at radius 1 is 1.26 bits per heavy atom. The fraction of sp³-hybridized carbons (Fsp3) is 0.286. The number of carbonyl (C=O) groups is 1. The minimum Gasteiger partial charge on any atom is -0.491 e. The van der Waals surface area contributed by atoms with Crippen molar-refractivity contribution < 1.29 is 27.2 Å². The number of anilines is 1. The van der Waals surface area contributed by atoms with Gasteiger partial charge in [0.05, 0.1) is 18.1 Å². The van der Waals surface area contributed by atoms with Crippen molar-refractivity contribution in [2.24, 2.45) is 0 Å². The zero-order chi connectivity index (χ0) is 17.0. The molecule has 0 aliphatic heterocycles. The number of nitrogens with zero attached hydrogens (tertiary/aromatic N) is 1. The van der Waals surface area contributed by atoms with Gasteiger partial charge in [-0.1, -0.05) is 5.16 Å². The largest absolute Gasteiger partial charge is 0.491 e. The van der Waals surface area contributed by atoms with Crippen LogP contribution < -0.4 is 9.46 Å². The summed E-state index contributed by atoms with van der Waals surface area (Å²) < 4.78 is 41.3. The van der Waals surface area contributed by atoms with Crippen LogP contribution >= 0.6 is 0 Å². The van der Waals surface area contributed by atoms with E-state index in [1.54, 1.807) is 12.1 Å². The summed E-state index contributed by atoms with van der Waals surface area (Å²) in [5.41, 5.74) is -0.133. The highest BCUT2D eigenvalue weighted by Gasteiger charge is 2.19. The van der Waals surface area contributed by atoms with Gasteiger partial charge in [0.2, 0.25) is 5.88 Å². The summed E-state index contributed by atoms with van der Waals surface area (Å²) in [4.78, 5) is 11.3. The average Bonchev–Trinajstić information content (AvgIpc) is 2.94. The van der Waals surface area contributed by atoms with Gasteiger partial charge < -0.3 is 14.0 Å². The highest BCUT2D eigenvalue weighted by molar-refractivity contribution is 7.92. The van der Waals surface area contributed by atoms with Gasteiger partial charge in [-0.2, -0.15) is 0 Å². The van der Waals surface area contributed by atoms with E-state index in [2.05, 4.69) is 14.6 Å². The lowest BCUT2D eigenvalue weighted by atomic mass is 10.3. The zero-order valence-corrected chi connectivity index (χ0v) is 13.6. The van der Waals surface area contributed by atoms with E-state index in [1.165, 1.54) is 19.2 Å². The van der Waals surface area contributed by atoms with Crippen LogP contribution in [0.2, 0.25) is 0 Å². The molecule has 1 aromatic heterocycles. The van der Waals surface area contributed by atoms with Gasteiger partial charge in [0.1, 0.15) is 5.75 Å². The number of benzene rings is 1. The lowest BCUT2D eigenvalue weighted by Crippen LogP contribution is -2.12. The highest BCUT2D eigenvalue weighted by atomic mass is 32.2. The summed E-state index contributed by atoms with van der Waals surface area (Å²) in [6, 6.07) is 7.04. The van der Waals surface area contributed by atoms with Crippen LogP contribution in [-0.4, -0.2) is 32.8 Å². The molecule has 0 amide bonds. The van der Waals surface area contributed by atoms with Gasteiger partial charge in [-0.3, -0.25) is 0 Å². The molecule has 1 aromatic carbocycles. The molecular formula is C14H16N2O6S. The number of ether oxygens (including phenoxy) is 2. The van der Waals surface area contributed by atoms with Crippen molar-refractivity contribution in [3.8, 4) is 5.75 Å². The number of sulfonamides is 1. The molecule has 0 fully saturated rings. The van der Waals surface area contributed by atoms with E-state index in [1.807, 2.05) is 13.8 Å². The highest BCUT2D eigenvalue weighted by Crippen LogP contribution is 2.20. The third-order valence-corrected chi connectivity index (χ3v) is 4.01. The summed E-state index contributed by atoms with van der Waals surface area (Å²) in [5.74, 6) is -0.353. The van der Waals surface area contributed by atoms with E-state index in [0.717, 1.165) is 6.07 Å². The second kappa shape index (κ2) is 6.69. The number of aromatic nitrogens is 1. The second-order valence-corrected chi connectivity index (χ2v) is 6.49. The molecular weight excluding hydrogens is 324 g/mol. The molecule has 8 nitrogen and oxygen atoms in total. The van der Waals surface area contributed by atoms with E-state index < -0.39 is 16.0 Å². The van der Waals surface area contributed by atoms with E-state index in [0.29, 0.717) is 5.75 Å². The first-order chi connectivity index (χ1) is 10.8. The van der Waals surface area contributed by atoms with Crippen LogP contribution in [0, 0.1) is 0 Å². The van der Waals surface area contributed by atoms with Crippen LogP contribution in [0.1, 0.15) is 24.3 Å². The summed E-state index contributed by atoms with van der Waals surface area (Å²) in [5, 5.41) is 3.42. The number of hydrogen-bond acceptors (Lipinski definition) is 7. The molecule has 0 radical (unpaired) electrons. The molecule has 0 bridgehead atoms. The Balaban J connectivity index is 2.15. The van der Waals surface area contributed by atoms with Crippen molar-refractivity contribution in [1.82, 2.24) is 5.16 Å². The molecule has 0 saturated carbocycles. The average molecular weight is 340 g/mol. The van der Waals surface area contributed by atoms with Gasteiger partial charge in [-0.05, 0) is 38.1 Å². The Morgan fingerprint density at radius 2 is 1.91 bits per heavy atom. The molecule has 23 heavy (non-hydrogen) atoms. The third kappa shape index (κ3) is 4.22. The van der Waals surface area contributed by atoms with Crippen LogP contribution in [0.25, 0.3) is 0 Å². The number of methoxy groups -OCH3 is 1. The first-order valence-corrected chi connectivity index (χ1v) is 8.14. The Hall–Kier alpha value is -2.55. The van der Waals surface area contributed by atoms with Crippen molar-refractivity contribution in [3.05, 3.63) is 36.0 Å². The minimum absolute atomic E-state index is 0.0125. The molecule has 124 valence electrons. The van der Waals surface area contributed by atoms with Crippen LogP contribution in [-0.2, 0) is 14.8 Å². The van der Waals surface area contributed by atoms with Crippen LogP contribution in [0.3, 0.4) is 0 Å². The molecule has 0 unspecified atom stereocenters. The topological polar surface area (TPSA) is 108 Å². The van der Waals surface area contributed by atoms with E-state index in [-0.39, 0.29) is 22.6 Å². The quantitative estimate of drug-likeness (QED) is 0.802. The van der Waals surface area contributed by atoms with Crippen LogP contribution in [0.15, 0.2) is 39.8 Å². The first-order valence-electron chi connectivity index (χ1n) is 6.66. The lowest BCUT2D eigenvalue weighted by Gasteiger charge is -2.10. The zero-order valence-electron chi connectivity index (χ0n) is 12.8. The lowest BCUT2D eigenvalue weighted by molar-refractivity contribution is 0.0589. The van der Waals surface area contributed by atoms with Crippen molar-refractivity contribution in [1.29, 1.82) is 0 Å². The Bertz CT molecular complexity index is 780. The second-order valence-electron chi connectivity index (χ2n) is 4.81. The number of nitrogens with one attached hydrogen (secondary N) is 1. The van der Waals surface area contributed by atoms with Gasteiger partial charge >= 0.3 is 5.97 Å². The molecule has 0 spiro atoms. The standard InChI is InChI=1S/C14H16N2O6S/c1-9(2)21-10-4-6-11(7-5-10)23(18,19)16-13-8-12(15-22-13)14(17)20-3/h4-9,16H,1-3H3. The Kier molecular flexibility index (Phi) is 4.89. The summed E-state index contributed by atoms with van der Waals surface area (Å²) in [6.45, 7) is 3.74. The molecule has 0 aliphatic carbocycles. The predicted molar refractivity (Wildman–Crippen MR) is 80.9 cm³/mol. The SMILES string of the molecule is COC(=O)c1cc(NS(=O)(=O)c2ccc(OC(C)C)cc2)on1. The number of rotatable bonds is 6. The van der Waals surface area contributed by atoms with Crippen molar-refractivity contribution in [2.45, 2.75) is 24.8 Å². The molecule has 1 N–H and O–H groups in total. The number of esters is 1. The molecule has 2 rings (SSSR count). The normalized spacial score (nSPS) is 11.3. The van der Waals surface area contributed by atoms with E-state index in [4.69, 9.17) is 9.26 Å². The van der Waals surface area contributed by atoms with Gasteiger partial charge in [0.25, 0.3) is 10.0 Å². The predicted octanol–water partition coefficient (Wildman–Crippen LogP) is 2.05. The number of hydrogen-bond donors (Lipinski definition) is 1. The fourth-order valence-electron chi connectivity index (χ4n) is 1.68. The van der Waals surface area contributed by atoms with E-state index in [9.17, 15) is 13.2 Å². The van der Waals surface area contributed by atoms with Gasteiger partial charge in [-0.25, -0.2) is 17.9 Å². The molecule has 1 heterocycles. The molecule has 2 aromatic rings. The fourth-order valence-corrected chi connectivity index (χ4v) is 2.66. The maximum atomic E-state index is 12.2. The van der Waals surface area contributed by atoms with Crippen molar-refractivity contribution in [3.63, 3.8) is 0 Å². The first kappa shape index (κ1) is 16.8. The summed E-state index contributed by atoms with van der Waals surface area (Å²) in [6.07, 6.45) is -0.0125. The Labute approximate surface area is 133 Å². The van der Waals surface area contributed by atoms with Gasteiger partial charge in [-0.15, -0.1) is 0 Å². The third-order valence-electron chi connectivity index (χ3n) is 2.65. The molecule has 0 saturated heterocycles. The smallest absolute Gasteiger partial charge is 0.360 e. The van der Waals surface area contributed by atoms with Gasteiger partial charge in [0.15, 0.2) is 5.69 Å². The van der Waals surface area contributed by atoms with Crippen molar-refractivity contribution >= 4 is 21.9 Å². The van der Waals surface area contributed by atoms with Gasteiger partial charge in [0, 0.05) is 6.07 Å². The Morgan fingerprint density at radius 3 is 2.48 bits per heavy atom. The van der Waals surface area contributed by atoms with Crippen LogP contribution in [0.4, 0.5) is 5.88 Å². The summed E-state index contributed by atoms with van der Waals surface area (Å²) in [7, 11) is -2.69.